The number of ketones is 1. The Bertz CT molecular complexity index is 381. The quantitative estimate of drug-likeness (QED) is 0.715. The molecule has 1 aromatic rings. The molecule has 0 spiro atoms. The zero-order valence-corrected chi connectivity index (χ0v) is 8.32. The number of aromatic nitrogens is 1. The molecule has 14 heavy (non-hydrogen) atoms. The Morgan fingerprint density at radius 3 is 2.86 bits per heavy atom. The Labute approximate surface area is 82.1 Å². The van der Waals surface area contributed by atoms with Gasteiger partial charge in [-0.1, -0.05) is 0 Å². The molecule has 0 amide bonds. The van der Waals surface area contributed by atoms with Gasteiger partial charge in [0.2, 0.25) is 0 Å². The largest absolute Gasteiger partial charge is 0.488 e. The highest BCUT2D eigenvalue weighted by Gasteiger charge is 2.04. The fourth-order valence-corrected chi connectivity index (χ4v) is 1.14. The van der Waals surface area contributed by atoms with Gasteiger partial charge in [0.1, 0.15) is 5.78 Å². The Kier molecular flexibility index (Phi) is 3.45. The van der Waals surface area contributed by atoms with Crippen LogP contribution in [0, 0.1) is 0 Å². The number of pyridine rings is 1. The lowest BCUT2D eigenvalue weighted by Crippen LogP contribution is -2.23. The number of hydrogen-bond donors (Lipinski definition) is 0. The molecule has 0 atom stereocenters. The summed E-state index contributed by atoms with van der Waals surface area (Å²) in [4.78, 5) is 22.4. The third kappa shape index (κ3) is 2.45. The molecule has 0 saturated heterocycles. The van der Waals surface area contributed by atoms with Crippen LogP contribution < -0.4 is 10.3 Å². The molecule has 76 valence electrons. The smallest absolute Gasteiger partial charge is 0.293 e. The van der Waals surface area contributed by atoms with E-state index < -0.39 is 0 Å². The maximum Gasteiger partial charge on any atom is 0.293 e. The lowest BCUT2D eigenvalue weighted by molar-refractivity contribution is -0.117. The van der Waals surface area contributed by atoms with Crippen molar-refractivity contribution in [2.75, 3.05) is 6.61 Å². The van der Waals surface area contributed by atoms with Gasteiger partial charge in [-0.05, 0) is 26.0 Å². The van der Waals surface area contributed by atoms with E-state index in [1.54, 1.807) is 18.3 Å². The highest BCUT2D eigenvalue weighted by atomic mass is 16.5. The normalized spacial score (nSPS) is 9.86. The monoisotopic (exact) mass is 195 g/mol. The van der Waals surface area contributed by atoms with Crippen molar-refractivity contribution >= 4 is 5.78 Å². The summed E-state index contributed by atoms with van der Waals surface area (Å²) < 4.78 is 6.45. The van der Waals surface area contributed by atoms with Crippen molar-refractivity contribution in [1.82, 2.24) is 4.57 Å². The van der Waals surface area contributed by atoms with Crippen molar-refractivity contribution in [3.8, 4) is 5.75 Å². The van der Waals surface area contributed by atoms with E-state index in [-0.39, 0.29) is 23.6 Å². The highest BCUT2D eigenvalue weighted by Crippen LogP contribution is 2.01. The molecule has 1 aromatic heterocycles. The second-order valence-electron chi connectivity index (χ2n) is 2.94. The number of carbonyl (C=O) groups excluding carboxylic acids is 1. The summed E-state index contributed by atoms with van der Waals surface area (Å²) in [6, 6.07) is 3.29. The molecule has 0 aliphatic heterocycles. The van der Waals surface area contributed by atoms with Crippen LogP contribution in [0.4, 0.5) is 0 Å². The third-order valence-corrected chi connectivity index (χ3v) is 1.68. The summed E-state index contributed by atoms with van der Waals surface area (Å²) in [6.45, 7) is 3.79. The Morgan fingerprint density at radius 2 is 2.29 bits per heavy atom. The minimum Gasteiger partial charge on any atom is -0.488 e. The van der Waals surface area contributed by atoms with Crippen LogP contribution in [-0.2, 0) is 11.3 Å². The second-order valence-corrected chi connectivity index (χ2v) is 2.94. The van der Waals surface area contributed by atoms with E-state index in [9.17, 15) is 9.59 Å². The predicted molar refractivity (Wildman–Crippen MR) is 52.6 cm³/mol. The van der Waals surface area contributed by atoms with Crippen molar-refractivity contribution in [3.63, 3.8) is 0 Å². The zero-order valence-electron chi connectivity index (χ0n) is 8.32. The van der Waals surface area contributed by atoms with Gasteiger partial charge in [0, 0.05) is 6.20 Å². The number of nitrogens with zero attached hydrogens (tertiary/aromatic N) is 1. The minimum atomic E-state index is -0.260. The van der Waals surface area contributed by atoms with Crippen LogP contribution in [-0.4, -0.2) is 17.0 Å². The molecule has 0 bridgehead atoms. The molecule has 0 aliphatic rings. The van der Waals surface area contributed by atoms with Gasteiger partial charge in [-0.25, -0.2) is 0 Å². The lowest BCUT2D eigenvalue weighted by atomic mass is 10.4. The molecule has 1 rings (SSSR count). The van der Waals surface area contributed by atoms with E-state index in [0.717, 1.165) is 0 Å². The van der Waals surface area contributed by atoms with Crippen LogP contribution in [0.5, 0.6) is 5.75 Å². The Morgan fingerprint density at radius 1 is 1.57 bits per heavy atom. The second kappa shape index (κ2) is 4.60. The van der Waals surface area contributed by atoms with Gasteiger partial charge < -0.3 is 9.30 Å². The maximum atomic E-state index is 11.6. The molecular weight excluding hydrogens is 182 g/mol. The lowest BCUT2D eigenvalue weighted by Gasteiger charge is -2.05. The summed E-state index contributed by atoms with van der Waals surface area (Å²) in [7, 11) is 0. The van der Waals surface area contributed by atoms with Crippen molar-refractivity contribution in [2.45, 2.75) is 20.4 Å². The van der Waals surface area contributed by atoms with Gasteiger partial charge in [0.15, 0.2) is 5.75 Å². The number of ether oxygens (including phenoxy) is 1. The zero-order chi connectivity index (χ0) is 10.6. The first-order valence-electron chi connectivity index (χ1n) is 4.47. The summed E-state index contributed by atoms with van der Waals surface area (Å²) in [6.07, 6.45) is 1.58. The van der Waals surface area contributed by atoms with E-state index in [4.69, 9.17) is 4.74 Å². The maximum absolute atomic E-state index is 11.6. The highest BCUT2D eigenvalue weighted by molar-refractivity contribution is 5.75. The van der Waals surface area contributed by atoms with Gasteiger partial charge >= 0.3 is 0 Å². The molecule has 0 N–H and O–H groups in total. The van der Waals surface area contributed by atoms with Crippen molar-refractivity contribution in [3.05, 3.63) is 28.7 Å². The van der Waals surface area contributed by atoms with Crippen molar-refractivity contribution < 1.29 is 9.53 Å². The molecule has 0 aliphatic carbocycles. The van der Waals surface area contributed by atoms with E-state index in [1.807, 2.05) is 6.92 Å². The van der Waals surface area contributed by atoms with Gasteiger partial charge in [-0.2, -0.15) is 0 Å². The van der Waals surface area contributed by atoms with Crippen molar-refractivity contribution in [1.29, 1.82) is 0 Å². The van der Waals surface area contributed by atoms with Crippen molar-refractivity contribution in [2.24, 2.45) is 0 Å². The predicted octanol–water partition coefficient (Wildman–Crippen LogP) is 0.836. The van der Waals surface area contributed by atoms with Crippen LogP contribution in [0.1, 0.15) is 13.8 Å². The molecular formula is C10H13NO3. The molecule has 0 radical (unpaired) electrons. The third-order valence-electron chi connectivity index (χ3n) is 1.68. The molecule has 1 heterocycles. The van der Waals surface area contributed by atoms with E-state index >= 15 is 0 Å². The number of Topliss-reactive ketones (excluding diaryl/α,β-unsaturated/α-hetero) is 1. The number of hydrogen-bond acceptors (Lipinski definition) is 3. The first-order chi connectivity index (χ1) is 6.65. The molecule has 0 saturated carbocycles. The first-order valence-corrected chi connectivity index (χ1v) is 4.47. The van der Waals surface area contributed by atoms with Gasteiger partial charge in [0.25, 0.3) is 5.56 Å². The van der Waals surface area contributed by atoms with Crippen LogP contribution in [0.3, 0.4) is 0 Å². The van der Waals surface area contributed by atoms with Gasteiger partial charge in [-0.3, -0.25) is 9.59 Å². The van der Waals surface area contributed by atoms with E-state index in [1.165, 1.54) is 11.5 Å². The van der Waals surface area contributed by atoms with E-state index in [0.29, 0.717) is 6.61 Å². The van der Waals surface area contributed by atoms with Crippen LogP contribution in [0.2, 0.25) is 0 Å². The number of carbonyl (C=O) groups is 1. The fourth-order valence-electron chi connectivity index (χ4n) is 1.14. The summed E-state index contributed by atoms with van der Waals surface area (Å²) in [5.41, 5.74) is -0.260. The molecule has 4 heteroatoms. The molecule has 0 aromatic carbocycles. The topological polar surface area (TPSA) is 48.3 Å². The van der Waals surface area contributed by atoms with E-state index in [2.05, 4.69) is 0 Å². The molecule has 0 fully saturated rings. The standard InChI is InChI=1S/C10H13NO3/c1-3-14-9-5-4-6-11(10(9)13)7-8(2)12/h4-6H,3,7H2,1-2H3. The Hall–Kier alpha value is -1.58. The van der Waals surface area contributed by atoms with Crippen LogP contribution >= 0.6 is 0 Å². The average molecular weight is 195 g/mol. The van der Waals surface area contributed by atoms with Crippen LogP contribution in [0.25, 0.3) is 0 Å². The van der Waals surface area contributed by atoms with Crippen LogP contribution in [0.15, 0.2) is 23.1 Å². The summed E-state index contributed by atoms with van der Waals surface area (Å²) >= 11 is 0. The average Bonchev–Trinajstić information content (AvgIpc) is 2.11. The first kappa shape index (κ1) is 10.5. The van der Waals surface area contributed by atoms with Gasteiger partial charge in [-0.15, -0.1) is 0 Å². The minimum absolute atomic E-state index is 0.0549. The van der Waals surface area contributed by atoms with Gasteiger partial charge in [0.05, 0.1) is 13.2 Å². The molecule has 0 unspecified atom stereocenters. The molecule has 4 nitrogen and oxygen atoms in total. The summed E-state index contributed by atoms with van der Waals surface area (Å²) in [5.74, 6) is 0.233. The number of rotatable bonds is 4. The SMILES string of the molecule is CCOc1cccn(CC(C)=O)c1=O. The summed E-state index contributed by atoms with van der Waals surface area (Å²) in [5, 5.41) is 0. The Balaban J connectivity index is 3.01. The fraction of sp³-hybridized carbons (Fsp3) is 0.400.